The second-order valence-electron chi connectivity index (χ2n) is 3.92. The average molecular weight is 279 g/mol. The maximum atomic E-state index is 6.02. The molecule has 0 unspecified atom stereocenters. The minimum Gasteiger partial charge on any atom is -0.265 e. The van der Waals surface area contributed by atoms with E-state index in [1.807, 2.05) is 25.1 Å². The molecular formula is C12H8Cl2N4. The summed E-state index contributed by atoms with van der Waals surface area (Å²) in [4.78, 5) is 4.03. The average Bonchev–Trinajstić information content (AvgIpc) is 2.75. The molecule has 0 aliphatic heterocycles. The number of benzene rings is 1. The van der Waals surface area contributed by atoms with E-state index < -0.39 is 0 Å². The SMILES string of the molecule is Cc1ccc(Cl)cc1-c1nnc2cc(Cl)ncn12. The second kappa shape index (κ2) is 4.23. The highest BCUT2D eigenvalue weighted by atomic mass is 35.5. The molecule has 3 rings (SSSR count). The van der Waals surface area contributed by atoms with Crippen molar-refractivity contribution in [3.63, 3.8) is 0 Å². The number of rotatable bonds is 1. The van der Waals surface area contributed by atoms with Gasteiger partial charge in [-0.2, -0.15) is 0 Å². The molecule has 6 heteroatoms. The monoisotopic (exact) mass is 278 g/mol. The summed E-state index contributed by atoms with van der Waals surface area (Å²) in [5.41, 5.74) is 2.66. The lowest BCUT2D eigenvalue weighted by Crippen LogP contribution is -1.93. The maximum Gasteiger partial charge on any atom is 0.169 e. The van der Waals surface area contributed by atoms with Gasteiger partial charge in [0, 0.05) is 16.7 Å². The van der Waals surface area contributed by atoms with E-state index in [2.05, 4.69) is 15.2 Å². The summed E-state index contributed by atoms with van der Waals surface area (Å²) in [5, 5.41) is 9.29. The molecule has 0 bridgehead atoms. The van der Waals surface area contributed by atoms with Crippen molar-refractivity contribution in [1.29, 1.82) is 0 Å². The first kappa shape index (κ1) is 11.4. The highest BCUT2D eigenvalue weighted by Gasteiger charge is 2.11. The van der Waals surface area contributed by atoms with Crippen LogP contribution in [-0.4, -0.2) is 19.6 Å². The zero-order valence-electron chi connectivity index (χ0n) is 9.43. The van der Waals surface area contributed by atoms with Crippen molar-refractivity contribution in [2.45, 2.75) is 6.92 Å². The molecule has 90 valence electrons. The predicted octanol–water partition coefficient (Wildman–Crippen LogP) is 3.41. The molecular weight excluding hydrogens is 271 g/mol. The fourth-order valence-corrected chi connectivity index (χ4v) is 2.10. The van der Waals surface area contributed by atoms with E-state index in [-0.39, 0.29) is 0 Å². The third kappa shape index (κ3) is 1.83. The van der Waals surface area contributed by atoms with E-state index in [9.17, 15) is 0 Å². The first-order chi connectivity index (χ1) is 8.65. The quantitative estimate of drug-likeness (QED) is 0.641. The van der Waals surface area contributed by atoms with Gasteiger partial charge in [-0.3, -0.25) is 4.40 Å². The summed E-state index contributed by atoms with van der Waals surface area (Å²) in [6.45, 7) is 2.00. The summed E-state index contributed by atoms with van der Waals surface area (Å²) in [6, 6.07) is 7.32. The molecule has 0 radical (unpaired) electrons. The Hall–Kier alpha value is -1.65. The number of fused-ring (bicyclic) bond motifs is 1. The van der Waals surface area contributed by atoms with Gasteiger partial charge in [-0.15, -0.1) is 10.2 Å². The van der Waals surface area contributed by atoms with Crippen LogP contribution < -0.4 is 0 Å². The smallest absolute Gasteiger partial charge is 0.169 e. The second-order valence-corrected chi connectivity index (χ2v) is 4.75. The largest absolute Gasteiger partial charge is 0.265 e. The van der Waals surface area contributed by atoms with Crippen LogP contribution in [-0.2, 0) is 0 Å². The summed E-state index contributed by atoms with van der Waals surface area (Å²) in [7, 11) is 0. The van der Waals surface area contributed by atoms with E-state index in [1.54, 1.807) is 16.8 Å². The van der Waals surface area contributed by atoms with Gasteiger partial charge in [-0.1, -0.05) is 29.3 Å². The minimum atomic E-state index is 0.393. The first-order valence-electron chi connectivity index (χ1n) is 5.28. The Balaban J connectivity index is 2.28. The van der Waals surface area contributed by atoms with Crippen molar-refractivity contribution in [1.82, 2.24) is 19.6 Å². The number of hydrogen-bond acceptors (Lipinski definition) is 3. The van der Waals surface area contributed by atoms with E-state index in [4.69, 9.17) is 23.2 Å². The molecule has 0 N–H and O–H groups in total. The van der Waals surface area contributed by atoms with Crippen molar-refractivity contribution in [2.75, 3.05) is 0 Å². The van der Waals surface area contributed by atoms with Gasteiger partial charge in [0.15, 0.2) is 11.5 Å². The van der Waals surface area contributed by atoms with Gasteiger partial charge < -0.3 is 0 Å². The number of nitrogens with zero attached hydrogens (tertiary/aromatic N) is 4. The topological polar surface area (TPSA) is 43.1 Å². The van der Waals surface area contributed by atoms with Crippen LogP contribution in [0, 0.1) is 6.92 Å². The number of halogens is 2. The van der Waals surface area contributed by atoms with Crippen LogP contribution in [0.2, 0.25) is 10.2 Å². The van der Waals surface area contributed by atoms with Crippen LogP contribution in [0.15, 0.2) is 30.6 Å². The normalized spacial score (nSPS) is 11.1. The fourth-order valence-electron chi connectivity index (χ4n) is 1.79. The molecule has 2 heterocycles. The van der Waals surface area contributed by atoms with Crippen molar-refractivity contribution in [3.8, 4) is 11.4 Å². The highest BCUT2D eigenvalue weighted by molar-refractivity contribution is 6.31. The molecule has 0 atom stereocenters. The Morgan fingerprint density at radius 2 is 1.94 bits per heavy atom. The molecule has 0 saturated carbocycles. The van der Waals surface area contributed by atoms with Crippen LogP contribution >= 0.6 is 23.2 Å². The molecule has 3 aromatic rings. The lowest BCUT2D eigenvalue weighted by atomic mass is 10.1. The van der Waals surface area contributed by atoms with Gasteiger partial charge in [-0.25, -0.2) is 4.98 Å². The molecule has 0 amide bonds. The molecule has 18 heavy (non-hydrogen) atoms. The maximum absolute atomic E-state index is 6.02. The van der Waals surface area contributed by atoms with E-state index in [0.29, 0.717) is 21.6 Å². The van der Waals surface area contributed by atoms with Crippen LogP contribution in [0.25, 0.3) is 17.0 Å². The minimum absolute atomic E-state index is 0.393. The zero-order valence-corrected chi connectivity index (χ0v) is 10.9. The van der Waals surface area contributed by atoms with Gasteiger partial charge in [0.25, 0.3) is 0 Å². The van der Waals surface area contributed by atoms with Gasteiger partial charge >= 0.3 is 0 Å². The third-order valence-electron chi connectivity index (χ3n) is 2.71. The summed E-state index contributed by atoms with van der Waals surface area (Å²) in [5.74, 6) is 0.703. The van der Waals surface area contributed by atoms with Gasteiger partial charge in [0.05, 0.1) is 0 Å². The lowest BCUT2D eigenvalue weighted by molar-refractivity contribution is 1.08. The summed E-state index contributed by atoms with van der Waals surface area (Å²) >= 11 is 11.8. The van der Waals surface area contributed by atoms with Crippen molar-refractivity contribution in [3.05, 3.63) is 46.3 Å². The Kier molecular flexibility index (Phi) is 2.69. The summed E-state index contributed by atoms with van der Waals surface area (Å²) in [6.07, 6.45) is 1.60. The molecule has 2 aromatic heterocycles. The Bertz CT molecular complexity index is 736. The standard InChI is InChI=1S/C12H8Cl2N4/c1-7-2-3-8(13)4-9(7)12-17-16-11-5-10(14)15-6-18(11)12/h2-6H,1H3. The zero-order chi connectivity index (χ0) is 12.7. The van der Waals surface area contributed by atoms with Crippen LogP contribution in [0.4, 0.5) is 0 Å². The van der Waals surface area contributed by atoms with Crippen molar-refractivity contribution >= 4 is 28.8 Å². The van der Waals surface area contributed by atoms with Crippen molar-refractivity contribution < 1.29 is 0 Å². The highest BCUT2D eigenvalue weighted by Crippen LogP contribution is 2.25. The Morgan fingerprint density at radius 1 is 1.11 bits per heavy atom. The van der Waals surface area contributed by atoms with Crippen molar-refractivity contribution in [2.24, 2.45) is 0 Å². The molecule has 4 nitrogen and oxygen atoms in total. The summed E-state index contributed by atoms with van der Waals surface area (Å²) < 4.78 is 1.78. The third-order valence-corrected chi connectivity index (χ3v) is 3.15. The fraction of sp³-hybridized carbons (Fsp3) is 0.0833. The van der Waals surface area contributed by atoms with E-state index >= 15 is 0 Å². The van der Waals surface area contributed by atoms with E-state index in [0.717, 1.165) is 11.1 Å². The van der Waals surface area contributed by atoms with Crippen LogP contribution in [0.5, 0.6) is 0 Å². The molecule has 0 fully saturated rings. The Labute approximate surface area is 113 Å². The Morgan fingerprint density at radius 3 is 2.78 bits per heavy atom. The molecule has 0 aliphatic carbocycles. The number of aryl methyl sites for hydroxylation is 1. The van der Waals surface area contributed by atoms with Crippen LogP contribution in [0.1, 0.15) is 5.56 Å². The number of hydrogen-bond donors (Lipinski definition) is 0. The first-order valence-corrected chi connectivity index (χ1v) is 6.03. The predicted molar refractivity (Wildman–Crippen MR) is 71.0 cm³/mol. The molecule has 0 saturated heterocycles. The molecule has 1 aromatic carbocycles. The molecule has 0 spiro atoms. The van der Waals surface area contributed by atoms with E-state index in [1.165, 1.54) is 0 Å². The van der Waals surface area contributed by atoms with Gasteiger partial charge in [0.1, 0.15) is 11.5 Å². The van der Waals surface area contributed by atoms with Crippen LogP contribution in [0.3, 0.4) is 0 Å². The van der Waals surface area contributed by atoms with Gasteiger partial charge in [0.2, 0.25) is 0 Å². The number of aromatic nitrogens is 4. The molecule has 0 aliphatic rings. The lowest BCUT2D eigenvalue weighted by Gasteiger charge is -2.04. The van der Waals surface area contributed by atoms with Gasteiger partial charge in [-0.05, 0) is 24.6 Å².